The lowest BCUT2D eigenvalue weighted by atomic mass is 10.2. The smallest absolute Gasteiger partial charge is 0.340 e. The molecule has 116 valence electrons. The summed E-state index contributed by atoms with van der Waals surface area (Å²) in [6.45, 7) is 0. The minimum absolute atomic E-state index is 0.104. The Balaban J connectivity index is 1.97. The predicted octanol–water partition coefficient (Wildman–Crippen LogP) is 3.36. The van der Waals surface area contributed by atoms with Crippen molar-refractivity contribution in [1.29, 1.82) is 0 Å². The molecule has 0 amide bonds. The van der Waals surface area contributed by atoms with Crippen molar-refractivity contribution in [2.45, 2.75) is 18.9 Å². The lowest BCUT2D eigenvalue weighted by Crippen LogP contribution is -2.05. The zero-order valence-corrected chi connectivity index (χ0v) is 12.5. The van der Waals surface area contributed by atoms with Crippen LogP contribution in [0.3, 0.4) is 0 Å². The van der Waals surface area contributed by atoms with Gasteiger partial charge in [-0.1, -0.05) is 6.07 Å². The number of hydrogen-bond acceptors (Lipinski definition) is 4. The first-order valence-electron chi connectivity index (χ1n) is 7.40. The molecule has 3 aromatic rings. The highest BCUT2D eigenvalue weighted by Crippen LogP contribution is 2.41. The minimum atomic E-state index is -0.704. The molecule has 1 fully saturated rings. The third kappa shape index (κ3) is 2.27. The van der Waals surface area contributed by atoms with Crippen molar-refractivity contribution < 1.29 is 13.9 Å². The molecule has 0 spiro atoms. The van der Waals surface area contributed by atoms with Crippen LogP contribution in [0.4, 0.5) is 4.39 Å². The maximum absolute atomic E-state index is 14.3. The van der Waals surface area contributed by atoms with Gasteiger partial charge in [-0.3, -0.25) is 4.98 Å². The summed E-state index contributed by atoms with van der Waals surface area (Å²) < 4.78 is 20.9. The van der Waals surface area contributed by atoms with Gasteiger partial charge in [0.1, 0.15) is 11.5 Å². The number of nitrogens with zero attached hydrogens (tertiary/aromatic N) is 3. The summed E-state index contributed by atoms with van der Waals surface area (Å²) in [5.74, 6) is -0.604. The number of halogens is 1. The van der Waals surface area contributed by atoms with Crippen molar-refractivity contribution in [2.75, 3.05) is 7.11 Å². The van der Waals surface area contributed by atoms with E-state index in [4.69, 9.17) is 0 Å². The van der Waals surface area contributed by atoms with Gasteiger partial charge in [0.2, 0.25) is 0 Å². The third-order valence-corrected chi connectivity index (χ3v) is 3.99. The van der Waals surface area contributed by atoms with Crippen molar-refractivity contribution in [3.8, 4) is 11.5 Å². The molecule has 0 atom stereocenters. The van der Waals surface area contributed by atoms with Gasteiger partial charge >= 0.3 is 5.97 Å². The zero-order chi connectivity index (χ0) is 16.0. The van der Waals surface area contributed by atoms with Gasteiger partial charge in [-0.05, 0) is 31.0 Å². The van der Waals surface area contributed by atoms with Crippen LogP contribution in [0.1, 0.15) is 29.2 Å². The van der Waals surface area contributed by atoms with E-state index in [1.807, 2.05) is 22.8 Å². The van der Waals surface area contributed by atoms with Crippen LogP contribution in [0.15, 0.2) is 36.5 Å². The van der Waals surface area contributed by atoms with E-state index < -0.39 is 11.8 Å². The standard InChI is InChI=1S/C17H14FN3O2/c1-23-17(22)11-8-14-15(9-12(11)18)21(10-5-6-10)16(20-14)13-4-2-3-7-19-13/h2-4,7-10H,5-6H2,1H3. The first kappa shape index (κ1) is 13.9. The van der Waals surface area contributed by atoms with Crippen LogP contribution >= 0.6 is 0 Å². The van der Waals surface area contributed by atoms with Crippen molar-refractivity contribution in [3.05, 3.63) is 47.9 Å². The Hall–Kier alpha value is -2.76. The number of hydrogen-bond donors (Lipinski definition) is 0. The second-order valence-corrected chi connectivity index (χ2v) is 5.56. The highest BCUT2D eigenvalue weighted by Gasteiger charge is 2.30. The van der Waals surface area contributed by atoms with E-state index in [9.17, 15) is 9.18 Å². The largest absolute Gasteiger partial charge is 0.465 e. The summed E-state index contributed by atoms with van der Waals surface area (Å²) >= 11 is 0. The average molecular weight is 311 g/mol. The first-order chi connectivity index (χ1) is 11.2. The Bertz CT molecular complexity index is 901. The second-order valence-electron chi connectivity index (χ2n) is 5.56. The fourth-order valence-corrected chi connectivity index (χ4v) is 2.76. The summed E-state index contributed by atoms with van der Waals surface area (Å²) in [5.41, 5.74) is 1.88. The maximum atomic E-state index is 14.3. The van der Waals surface area contributed by atoms with Gasteiger partial charge in [-0.15, -0.1) is 0 Å². The topological polar surface area (TPSA) is 57.0 Å². The fraction of sp³-hybridized carbons (Fsp3) is 0.235. The number of benzene rings is 1. The molecule has 23 heavy (non-hydrogen) atoms. The normalized spacial score (nSPS) is 14.2. The van der Waals surface area contributed by atoms with Gasteiger partial charge in [0.15, 0.2) is 5.82 Å². The Morgan fingerprint density at radius 2 is 2.17 bits per heavy atom. The molecule has 1 aliphatic carbocycles. The van der Waals surface area contributed by atoms with E-state index in [0.717, 1.165) is 18.5 Å². The molecular formula is C17H14FN3O2. The lowest BCUT2D eigenvalue weighted by molar-refractivity contribution is 0.0595. The number of rotatable bonds is 3. The molecule has 0 saturated heterocycles. The molecule has 0 bridgehead atoms. The number of imidazole rings is 1. The number of fused-ring (bicyclic) bond motifs is 1. The highest BCUT2D eigenvalue weighted by atomic mass is 19.1. The zero-order valence-electron chi connectivity index (χ0n) is 12.5. The van der Waals surface area contributed by atoms with Crippen LogP contribution < -0.4 is 0 Å². The molecule has 1 saturated carbocycles. The van der Waals surface area contributed by atoms with Crippen LogP contribution in [0.25, 0.3) is 22.6 Å². The minimum Gasteiger partial charge on any atom is -0.465 e. The number of pyridine rings is 1. The van der Waals surface area contributed by atoms with Gasteiger partial charge in [0.25, 0.3) is 0 Å². The van der Waals surface area contributed by atoms with E-state index in [1.54, 1.807) is 6.20 Å². The average Bonchev–Trinajstić information content (AvgIpc) is 3.35. The van der Waals surface area contributed by atoms with Gasteiger partial charge in [0, 0.05) is 18.3 Å². The number of carbonyl (C=O) groups excluding carboxylic acids is 1. The number of methoxy groups -OCH3 is 1. The van der Waals surface area contributed by atoms with Crippen LogP contribution in [0.2, 0.25) is 0 Å². The monoisotopic (exact) mass is 311 g/mol. The van der Waals surface area contributed by atoms with Gasteiger partial charge < -0.3 is 9.30 Å². The number of carbonyl (C=O) groups is 1. The second kappa shape index (κ2) is 5.15. The van der Waals surface area contributed by atoms with E-state index in [0.29, 0.717) is 22.9 Å². The van der Waals surface area contributed by atoms with E-state index in [-0.39, 0.29) is 5.56 Å². The Morgan fingerprint density at radius 1 is 1.35 bits per heavy atom. The molecule has 2 aromatic heterocycles. The summed E-state index contributed by atoms with van der Waals surface area (Å²) in [4.78, 5) is 20.6. The molecule has 0 radical (unpaired) electrons. The van der Waals surface area contributed by atoms with Crippen LogP contribution in [-0.2, 0) is 4.74 Å². The molecule has 0 unspecified atom stereocenters. The highest BCUT2D eigenvalue weighted by molar-refractivity contribution is 5.94. The van der Waals surface area contributed by atoms with Crippen LogP contribution in [0, 0.1) is 5.82 Å². The Morgan fingerprint density at radius 3 is 2.83 bits per heavy atom. The van der Waals surface area contributed by atoms with E-state index >= 15 is 0 Å². The molecule has 6 heteroatoms. The summed E-state index contributed by atoms with van der Waals surface area (Å²) in [6, 6.07) is 8.71. The van der Waals surface area contributed by atoms with Crippen molar-refractivity contribution in [3.63, 3.8) is 0 Å². The van der Waals surface area contributed by atoms with E-state index in [1.165, 1.54) is 19.2 Å². The molecule has 1 aromatic carbocycles. The van der Waals surface area contributed by atoms with Gasteiger partial charge in [-0.2, -0.15) is 0 Å². The summed E-state index contributed by atoms with van der Waals surface area (Å²) in [7, 11) is 1.23. The SMILES string of the molecule is COC(=O)c1cc2nc(-c3ccccn3)n(C3CC3)c2cc1F. The molecule has 2 heterocycles. The number of ether oxygens (including phenoxy) is 1. The molecule has 0 N–H and O–H groups in total. The number of aromatic nitrogens is 3. The molecule has 4 rings (SSSR count). The lowest BCUT2D eigenvalue weighted by Gasteiger charge is -2.07. The van der Waals surface area contributed by atoms with E-state index in [2.05, 4.69) is 14.7 Å². The Labute approximate surface area is 131 Å². The molecule has 5 nitrogen and oxygen atoms in total. The Kier molecular flexibility index (Phi) is 3.11. The molecule has 1 aliphatic rings. The van der Waals surface area contributed by atoms with Crippen molar-refractivity contribution >= 4 is 17.0 Å². The number of esters is 1. The molecular weight excluding hydrogens is 297 g/mol. The van der Waals surface area contributed by atoms with Crippen LogP contribution in [0.5, 0.6) is 0 Å². The molecule has 0 aliphatic heterocycles. The van der Waals surface area contributed by atoms with Gasteiger partial charge in [-0.25, -0.2) is 14.2 Å². The summed E-state index contributed by atoms with van der Waals surface area (Å²) in [6.07, 6.45) is 3.77. The quantitative estimate of drug-likeness (QED) is 0.696. The fourth-order valence-electron chi connectivity index (χ4n) is 2.76. The van der Waals surface area contributed by atoms with Crippen LogP contribution in [-0.4, -0.2) is 27.6 Å². The predicted molar refractivity (Wildman–Crippen MR) is 82.5 cm³/mol. The summed E-state index contributed by atoms with van der Waals surface area (Å²) in [5, 5.41) is 0. The van der Waals surface area contributed by atoms with Crippen molar-refractivity contribution in [1.82, 2.24) is 14.5 Å². The van der Waals surface area contributed by atoms with Crippen molar-refractivity contribution in [2.24, 2.45) is 0 Å². The third-order valence-electron chi connectivity index (χ3n) is 3.99. The first-order valence-corrected chi connectivity index (χ1v) is 7.40. The van der Waals surface area contributed by atoms with Gasteiger partial charge in [0.05, 0.1) is 23.7 Å². The maximum Gasteiger partial charge on any atom is 0.340 e.